The van der Waals surface area contributed by atoms with E-state index in [1.54, 1.807) is 20.8 Å². The number of likely N-dealkylation sites (tertiary alicyclic amines) is 1. The van der Waals surface area contributed by atoms with Gasteiger partial charge in [0.2, 0.25) is 0 Å². The van der Waals surface area contributed by atoms with E-state index in [0.29, 0.717) is 13.0 Å². The average molecular weight is 295 g/mol. The number of rotatable bonds is 2. The molecule has 1 amide bonds. The maximum absolute atomic E-state index is 12.0. The number of esters is 1. The van der Waals surface area contributed by atoms with Crippen molar-refractivity contribution in [3.05, 3.63) is 0 Å². The Morgan fingerprint density at radius 1 is 1.37 bits per heavy atom. The van der Waals surface area contributed by atoms with Gasteiger partial charge in [0, 0.05) is 18.6 Å². The lowest BCUT2D eigenvalue weighted by molar-refractivity contribution is -0.141. The van der Waals surface area contributed by atoms with Crippen LogP contribution in [-0.2, 0) is 14.3 Å². The summed E-state index contributed by atoms with van der Waals surface area (Å²) < 4.78 is 9.91. The van der Waals surface area contributed by atoms with E-state index in [4.69, 9.17) is 10.5 Å². The molecule has 0 unspecified atom stereocenters. The number of halogens is 1. The third kappa shape index (κ3) is 5.65. The Balaban J connectivity index is 0.00000324. The second-order valence-electron chi connectivity index (χ2n) is 5.56. The number of ether oxygens (including phenoxy) is 2. The van der Waals surface area contributed by atoms with Gasteiger partial charge in [-0.1, -0.05) is 0 Å². The molecule has 1 aliphatic rings. The molecule has 1 fully saturated rings. The molecule has 19 heavy (non-hydrogen) atoms. The Morgan fingerprint density at radius 3 is 2.42 bits per heavy atom. The Bertz CT molecular complexity index is 330. The van der Waals surface area contributed by atoms with Crippen LogP contribution in [0.2, 0.25) is 0 Å². The molecule has 0 radical (unpaired) electrons. The second kappa shape index (κ2) is 6.96. The lowest BCUT2D eigenvalue weighted by Crippen LogP contribution is -2.41. The highest BCUT2D eigenvalue weighted by Crippen LogP contribution is 2.22. The smallest absolute Gasteiger partial charge is 0.410 e. The van der Waals surface area contributed by atoms with Crippen LogP contribution >= 0.6 is 12.4 Å². The van der Waals surface area contributed by atoms with Crippen molar-refractivity contribution >= 4 is 24.5 Å². The monoisotopic (exact) mass is 294 g/mol. The topological polar surface area (TPSA) is 81.9 Å². The van der Waals surface area contributed by atoms with Crippen LogP contribution in [0, 0.1) is 0 Å². The quantitative estimate of drug-likeness (QED) is 0.777. The van der Waals surface area contributed by atoms with Gasteiger partial charge in [0.25, 0.3) is 0 Å². The molecule has 0 spiro atoms. The van der Waals surface area contributed by atoms with Gasteiger partial charge in [-0.25, -0.2) is 4.79 Å². The van der Waals surface area contributed by atoms with Crippen molar-refractivity contribution in [2.24, 2.45) is 5.73 Å². The molecule has 0 aliphatic carbocycles. The number of nitrogens with two attached hydrogens (primary N) is 1. The van der Waals surface area contributed by atoms with Crippen molar-refractivity contribution in [1.82, 2.24) is 4.90 Å². The van der Waals surface area contributed by atoms with E-state index in [0.717, 1.165) is 0 Å². The third-order valence-electron chi connectivity index (χ3n) is 2.70. The van der Waals surface area contributed by atoms with Gasteiger partial charge in [-0.15, -0.1) is 12.4 Å². The highest BCUT2D eigenvalue weighted by Gasteiger charge is 2.37. The molecule has 1 saturated heterocycles. The number of amides is 1. The summed E-state index contributed by atoms with van der Waals surface area (Å²) in [7, 11) is 1.33. The Labute approximate surface area is 120 Å². The van der Waals surface area contributed by atoms with Gasteiger partial charge >= 0.3 is 12.1 Å². The molecule has 2 N–H and O–H groups in total. The largest absolute Gasteiger partial charge is 0.469 e. The minimum Gasteiger partial charge on any atom is -0.469 e. The number of nitrogens with zero attached hydrogens (tertiary/aromatic N) is 1. The van der Waals surface area contributed by atoms with Gasteiger partial charge in [0.1, 0.15) is 5.60 Å². The zero-order valence-corrected chi connectivity index (χ0v) is 12.7. The summed E-state index contributed by atoms with van der Waals surface area (Å²) in [6, 6.07) is -0.352. The minimum absolute atomic E-state index is 0. The number of methoxy groups -OCH3 is 1. The zero-order chi connectivity index (χ0) is 13.9. The molecule has 1 rings (SSSR count). The maximum atomic E-state index is 12.0. The van der Waals surface area contributed by atoms with E-state index >= 15 is 0 Å². The van der Waals surface area contributed by atoms with Gasteiger partial charge in [-0.2, -0.15) is 0 Å². The standard InChI is InChI=1S/C12H22N2O4.ClH/c1-12(2,3)18-11(16)14-7-8(13)5-9(14)6-10(15)17-4;/h8-9H,5-7,13H2,1-4H3;1H/t8-,9+;/m1./s1. The summed E-state index contributed by atoms with van der Waals surface area (Å²) >= 11 is 0. The summed E-state index contributed by atoms with van der Waals surface area (Å²) in [6.07, 6.45) is 0.321. The molecule has 0 aromatic rings. The molecule has 6 nitrogen and oxygen atoms in total. The van der Waals surface area contributed by atoms with E-state index in [1.807, 2.05) is 0 Å². The van der Waals surface area contributed by atoms with Crippen LogP contribution in [-0.4, -0.2) is 48.3 Å². The molecule has 0 bridgehead atoms. The van der Waals surface area contributed by atoms with E-state index in [1.165, 1.54) is 12.0 Å². The van der Waals surface area contributed by atoms with Crippen molar-refractivity contribution in [1.29, 1.82) is 0 Å². The SMILES string of the molecule is COC(=O)C[C@@H]1C[C@@H](N)CN1C(=O)OC(C)(C)C.Cl. The van der Waals surface area contributed by atoms with Gasteiger partial charge in [-0.3, -0.25) is 4.79 Å². The van der Waals surface area contributed by atoms with Crippen LogP contribution in [0.25, 0.3) is 0 Å². The van der Waals surface area contributed by atoms with Crippen LogP contribution < -0.4 is 5.73 Å². The first-order valence-electron chi connectivity index (χ1n) is 6.05. The molecule has 112 valence electrons. The number of carbonyl (C=O) groups is 2. The van der Waals surface area contributed by atoms with Crippen molar-refractivity contribution in [3.8, 4) is 0 Å². The fourth-order valence-corrected chi connectivity index (χ4v) is 1.97. The summed E-state index contributed by atoms with van der Waals surface area (Å²) in [5, 5.41) is 0. The van der Waals surface area contributed by atoms with Gasteiger partial charge < -0.3 is 20.1 Å². The second-order valence-corrected chi connectivity index (χ2v) is 5.56. The first-order chi connectivity index (χ1) is 8.23. The molecule has 0 saturated carbocycles. The first-order valence-corrected chi connectivity index (χ1v) is 6.05. The van der Waals surface area contributed by atoms with Crippen LogP contribution in [0.3, 0.4) is 0 Å². The van der Waals surface area contributed by atoms with Gasteiger partial charge in [0.05, 0.1) is 13.5 Å². The van der Waals surface area contributed by atoms with E-state index in [9.17, 15) is 9.59 Å². The minimum atomic E-state index is -0.556. The fourth-order valence-electron chi connectivity index (χ4n) is 1.97. The van der Waals surface area contributed by atoms with Crippen LogP contribution in [0.5, 0.6) is 0 Å². The van der Waals surface area contributed by atoms with E-state index in [-0.39, 0.29) is 36.9 Å². The van der Waals surface area contributed by atoms with E-state index < -0.39 is 11.7 Å². The number of hydrogen-bond donors (Lipinski definition) is 1. The normalized spacial score (nSPS) is 22.7. The zero-order valence-electron chi connectivity index (χ0n) is 11.8. The highest BCUT2D eigenvalue weighted by atomic mass is 35.5. The van der Waals surface area contributed by atoms with Crippen molar-refractivity contribution in [2.75, 3.05) is 13.7 Å². The van der Waals surface area contributed by atoms with Crippen molar-refractivity contribution in [2.45, 2.75) is 51.3 Å². The predicted molar refractivity (Wildman–Crippen MR) is 73.2 cm³/mol. The third-order valence-corrected chi connectivity index (χ3v) is 2.70. The molecule has 2 atom stereocenters. The molecule has 7 heteroatoms. The summed E-state index contributed by atoms with van der Waals surface area (Å²) in [5.74, 6) is -0.345. The average Bonchev–Trinajstić information content (AvgIpc) is 2.56. The van der Waals surface area contributed by atoms with Crippen LogP contribution in [0.15, 0.2) is 0 Å². The lowest BCUT2D eigenvalue weighted by atomic mass is 10.1. The van der Waals surface area contributed by atoms with Crippen LogP contribution in [0.1, 0.15) is 33.6 Å². The fraction of sp³-hybridized carbons (Fsp3) is 0.833. The summed E-state index contributed by atoms with van der Waals surface area (Å²) in [6.45, 7) is 5.82. The molecule has 0 aromatic carbocycles. The Kier molecular flexibility index (Phi) is 6.59. The van der Waals surface area contributed by atoms with Gasteiger partial charge in [0.15, 0.2) is 0 Å². The Hall–Kier alpha value is -1.01. The predicted octanol–water partition coefficient (Wildman–Crippen LogP) is 1.31. The van der Waals surface area contributed by atoms with Crippen molar-refractivity contribution < 1.29 is 19.1 Å². The van der Waals surface area contributed by atoms with Crippen LogP contribution in [0.4, 0.5) is 4.79 Å². The molecule has 1 aliphatic heterocycles. The first kappa shape index (κ1) is 18.0. The van der Waals surface area contributed by atoms with Gasteiger partial charge in [-0.05, 0) is 27.2 Å². The highest BCUT2D eigenvalue weighted by molar-refractivity contribution is 5.85. The molecule has 0 aromatic heterocycles. The van der Waals surface area contributed by atoms with E-state index in [2.05, 4.69) is 4.74 Å². The molecule has 1 heterocycles. The number of hydrogen-bond acceptors (Lipinski definition) is 5. The lowest BCUT2D eigenvalue weighted by Gasteiger charge is -2.28. The summed E-state index contributed by atoms with van der Waals surface area (Å²) in [5.41, 5.74) is 5.28. The molecular weight excluding hydrogens is 272 g/mol. The number of carbonyl (C=O) groups excluding carboxylic acids is 2. The van der Waals surface area contributed by atoms with Crippen molar-refractivity contribution in [3.63, 3.8) is 0 Å². The maximum Gasteiger partial charge on any atom is 0.410 e. The summed E-state index contributed by atoms with van der Waals surface area (Å²) in [4.78, 5) is 24.8. The Morgan fingerprint density at radius 2 is 1.95 bits per heavy atom. The molecular formula is C12H23ClN2O4.